The molecule has 0 aromatic rings. The monoisotopic (exact) mass is 268 g/mol. The third kappa shape index (κ3) is 2.68. The number of allylic oxidation sites excluding steroid dienone is 2. The fourth-order valence-corrected chi connectivity index (χ4v) is 3.51. The highest BCUT2D eigenvalue weighted by molar-refractivity contribution is 5.79. The minimum Gasteiger partial charge on any atom is -0.480 e. The van der Waals surface area contributed by atoms with Gasteiger partial charge in [-0.25, -0.2) is 0 Å². The van der Waals surface area contributed by atoms with Crippen LogP contribution in [-0.4, -0.2) is 34.4 Å². The van der Waals surface area contributed by atoms with E-state index in [0.717, 1.165) is 19.3 Å². The smallest absolute Gasteiger partial charge is 0.326 e. The van der Waals surface area contributed by atoms with E-state index >= 15 is 0 Å². The van der Waals surface area contributed by atoms with Crippen LogP contribution in [0.25, 0.3) is 0 Å². The molecule has 0 radical (unpaired) electrons. The zero-order valence-electron chi connectivity index (χ0n) is 11.2. The minimum absolute atomic E-state index is 0.0195. The Kier molecular flexibility index (Phi) is 4.28. The van der Waals surface area contributed by atoms with Crippen LogP contribution >= 0.6 is 0 Å². The van der Waals surface area contributed by atoms with Gasteiger partial charge in [0.05, 0.1) is 6.10 Å². The second kappa shape index (κ2) is 5.61. The normalized spacial score (nSPS) is 33.3. The van der Waals surface area contributed by atoms with Gasteiger partial charge in [-0.15, -0.1) is 0 Å². The van der Waals surface area contributed by atoms with E-state index in [4.69, 9.17) is 11.5 Å². The summed E-state index contributed by atoms with van der Waals surface area (Å²) in [6, 6.07) is 0. The topological polar surface area (TPSA) is 110 Å². The summed E-state index contributed by atoms with van der Waals surface area (Å²) in [7, 11) is 0. The van der Waals surface area contributed by atoms with Gasteiger partial charge >= 0.3 is 5.97 Å². The maximum absolute atomic E-state index is 11.5. The molecule has 1 saturated carbocycles. The molecule has 2 rings (SSSR count). The molecule has 5 nitrogen and oxygen atoms in total. The number of aliphatic hydroxyl groups is 1. The van der Waals surface area contributed by atoms with Crippen LogP contribution in [-0.2, 0) is 4.79 Å². The summed E-state index contributed by atoms with van der Waals surface area (Å²) in [5, 5.41) is 19.9. The lowest BCUT2D eigenvalue weighted by atomic mass is 9.76. The molecule has 5 atom stereocenters. The Balaban J connectivity index is 2.05. The highest BCUT2D eigenvalue weighted by Gasteiger charge is 2.50. The molecule has 2 aliphatic rings. The number of carboxylic acid groups (broad SMARTS) is 1. The van der Waals surface area contributed by atoms with Crippen molar-refractivity contribution in [1.29, 1.82) is 0 Å². The van der Waals surface area contributed by atoms with E-state index in [0.29, 0.717) is 18.9 Å². The summed E-state index contributed by atoms with van der Waals surface area (Å²) >= 11 is 0. The number of aliphatic hydroxyl groups excluding tert-OH is 1. The van der Waals surface area contributed by atoms with Crippen LogP contribution in [0, 0.1) is 17.8 Å². The number of rotatable bonds is 7. The number of fused-ring (bicyclic) bond motifs is 2. The Labute approximate surface area is 113 Å². The van der Waals surface area contributed by atoms with Crippen LogP contribution in [0.3, 0.4) is 0 Å². The van der Waals surface area contributed by atoms with E-state index < -0.39 is 17.6 Å². The van der Waals surface area contributed by atoms with E-state index in [2.05, 4.69) is 12.2 Å². The molecule has 2 bridgehead atoms. The van der Waals surface area contributed by atoms with Crippen LogP contribution in [0.5, 0.6) is 0 Å². The molecule has 5 heteroatoms. The molecule has 19 heavy (non-hydrogen) atoms. The van der Waals surface area contributed by atoms with Crippen molar-refractivity contribution >= 4 is 5.97 Å². The Morgan fingerprint density at radius 1 is 1.37 bits per heavy atom. The van der Waals surface area contributed by atoms with E-state index in [1.54, 1.807) is 0 Å². The zero-order valence-corrected chi connectivity index (χ0v) is 11.2. The van der Waals surface area contributed by atoms with Crippen LogP contribution in [0.1, 0.15) is 32.1 Å². The minimum atomic E-state index is -1.54. The molecule has 0 aromatic carbocycles. The largest absolute Gasteiger partial charge is 0.480 e. The van der Waals surface area contributed by atoms with Crippen LogP contribution in [0.4, 0.5) is 0 Å². The average molecular weight is 268 g/mol. The summed E-state index contributed by atoms with van der Waals surface area (Å²) in [6.07, 6.45) is 6.81. The molecule has 3 unspecified atom stereocenters. The molecule has 6 N–H and O–H groups in total. The van der Waals surface area contributed by atoms with Gasteiger partial charge in [-0.3, -0.25) is 4.79 Å². The second-order valence-corrected chi connectivity index (χ2v) is 5.98. The molecule has 108 valence electrons. The van der Waals surface area contributed by atoms with Crippen molar-refractivity contribution in [2.24, 2.45) is 29.2 Å². The predicted octanol–water partition coefficient (Wildman–Crippen LogP) is 0.471. The SMILES string of the molecule is NCCCC[C@](N)(C(=O)O)[C@@H](O)C1CC2C=CC1C2. The first-order valence-corrected chi connectivity index (χ1v) is 7.07. The van der Waals surface area contributed by atoms with Gasteiger partial charge in [-0.05, 0) is 56.4 Å². The van der Waals surface area contributed by atoms with Gasteiger partial charge in [0.1, 0.15) is 5.54 Å². The summed E-state index contributed by atoms with van der Waals surface area (Å²) in [4.78, 5) is 11.5. The molecule has 2 aliphatic carbocycles. The number of carbonyl (C=O) groups is 1. The first-order chi connectivity index (χ1) is 8.99. The second-order valence-electron chi connectivity index (χ2n) is 5.98. The van der Waals surface area contributed by atoms with Crippen molar-refractivity contribution in [2.75, 3.05) is 6.54 Å². The van der Waals surface area contributed by atoms with Crippen molar-refractivity contribution in [2.45, 2.75) is 43.7 Å². The fourth-order valence-electron chi connectivity index (χ4n) is 3.51. The molecular weight excluding hydrogens is 244 g/mol. The van der Waals surface area contributed by atoms with Gasteiger partial charge in [0, 0.05) is 0 Å². The van der Waals surface area contributed by atoms with Gasteiger partial charge in [0.25, 0.3) is 0 Å². The average Bonchev–Trinajstić information content (AvgIpc) is 2.99. The highest BCUT2D eigenvalue weighted by atomic mass is 16.4. The molecule has 0 heterocycles. The van der Waals surface area contributed by atoms with Gasteiger partial charge in [0.2, 0.25) is 0 Å². The van der Waals surface area contributed by atoms with Crippen molar-refractivity contribution in [1.82, 2.24) is 0 Å². The van der Waals surface area contributed by atoms with Crippen molar-refractivity contribution < 1.29 is 15.0 Å². The lowest BCUT2D eigenvalue weighted by molar-refractivity contribution is -0.150. The zero-order chi connectivity index (χ0) is 14.0. The summed E-state index contributed by atoms with van der Waals surface area (Å²) in [6.45, 7) is 0.517. The lowest BCUT2D eigenvalue weighted by Crippen LogP contribution is -2.60. The molecule has 0 spiro atoms. The maximum Gasteiger partial charge on any atom is 0.326 e. The Morgan fingerprint density at radius 3 is 2.58 bits per heavy atom. The van der Waals surface area contributed by atoms with Crippen LogP contribution in [0.2, 0.25) is 0 Å². The molecule has 1 fully saturated rings. The number of nitrogens with two attached hydrogens (primary N) is 2. The first-order valence-electron chi connectivity index (χ1n) is 7.07. The van der Waals surface area contributed by atoms with E-state index in [-0.39, 0.29) is 18.3 Å². The van der Waals surface area contributed by atoms with Crippen LogP contribution in [0.15, 0.2) is 12.2 Å². The molecule has 0 amide bonds. The summed E-state index contributed by atoms with van der Waals surface area (Å²) < 4.78 is 0. The van der Waals surface area contributed by atoms with Gasteiger partial charge in [-0.2, -0.15) is 0 Å². The highest BCUT2D eigenvalue weighted by Crippen LogP contribution is 2.46. The molecular formula is C14H24N2O3. The molecule has 0 aromatic heterocycles. The first kappa shape index (κ1) is 14.5. The van der Waals surface area contributed by atoms with Gasteiger partial charge in [0.15, 0.2) is 0 Å². The van der Waals surface area contributed by atoms with Crippen molar-refractivity contribution in [3.05, 3.63) is 12.2 Å². The molecule has 0 aliphatic heterocycles. The standard InChI is InChI=1S/C14H24N2O3/c15-6-2-1-5-14(16,13(18)19)12(17)11-8-9-3-4-10(11)7-9/h3-4,9-12,17H,1-2,5-8,15-16H2,(H,18,19)/t9?,10?,11?,12-,14+/m0/s1. The van der Waals surface area contributed by atoms with Crippen molar-refractivity contribution in [3.63, 3.8) is 0 Å². The van der Waals surface area contributed by atoms with E-state index in [9.17, 15) is 15.0 Å². The van der Waals surface area contributed by atoms with E-state index in [1.165, 1.54) is 0 Å². The Morgan fingerprint density at radius 2 is 2.11 bits per heavy atom. The van der Waals surface area contributed by atoms with E-state index in [1.807, 2.05) is 0 Å². The number of aliphatic carboxylic acids is 1. The summed E-state index contributed by atoms with van der Waals surface area (Å²) in [5.74, 6) is -0.346. The number of unbranched alkanes of at least 4 members (excludes halogenated alkanes) is 1. The number of carboxylic acids is 1. The number of hydrogen-bond acceptors (Lipinski definition) is 4. The Hall–Kier alpha value is -0.910. The third-order valence-corrected chi connectivity index (χ3v) is 4.71. The quantitative estimate of drug-likeness (QED) is 0.396. The number of hydrogen-bond donors (Lipinski definition) is 4. The van der Waals surface area contributed by atoms with Crippen molar-refractivity contribution in [3.8, 4) is 0 Å². The third-order valence-electron chi connectivity index (χ3n) is 4.71. The fraction of sp³-hybridized carbons (Fsp3) is 0.786. The summed E-state index contributed by atoms with van der Waals surface area (Å²) in [5.41, 5.74) is 9.90. The van der Waals surface area contributed by atoms with Gasteiger partial charge in [-0.1, -0.05) is 12.2 Å². The maximum atomic E-state index is 11.5. The Bertz CT molecular complexity index is 372. The predicted molar refractivity (Wildman–Crippen MR) is 72.3 cm³/mol. The molecule has 0 saturated heterocycles. The lowest BCUT2D eigenvalue weighted by Gasteiger charge is -2.36. The van der Waals surface area contributed by atoms with Gasteiger partial charge < -0.3 is 21.7 Å². The van der Waals surface area contributed by atoms with Crippen LogP contribution < -0.4 is 11.5 Å².